The Kier molecular flexibility index (Phi) is 12.5. The number of likely N-dealkylation sites (N-methyl/N-ethyl adjacent to an activating group) is 1. The molecule has 0 atom stereocenters. The topological polar surface area (TPSA) is 109 Å². The lowest BCUT2D eigenvalue weighted by molar-refractivity contribution is -0.136. The second-order valence-electron chi connectivity index (χ2n) is 13.8. The summed E-state index contributed by atoms with van der Waals surface area (Å²) in [7, 11) is 5.47. The smallest absolute Gasteiger partial charge is 0.303 e. The Balaban J connectivity index is 0.000000236. The first-order chi connectivity index (χ1) is 24.5. The Hall–Kier alpha value is -4.67. The number of halogens is 1. The maximum Gasteiger partial charge on any atom is 0.303 e. The Morgan fingerprint density at radius 1 is 0.902 bits per heavy atom. The highest BCUT2D eigenvalue weighted by molar-refractivity contribution is 6.01. The van der Waals surface area contributed by atoms with Gasteiger partial charge in [0.2, 0.25) is 0 Å². The second kappa shape index (κ2) is 17.0. The van der Waals surface area contributed by atoms with Crippen molar-refractivity contribution in [3.63, 3.8) is 0 Å². The van der Waals surface area contributed by atoms with Crippen molar-refractivity contribution in [3.8, 4) is 22.6 Å². The number of methoxy groups -OCH3 is 2. The molecule has 0 aromatic heterocycles. The number of carboxylic acid groups (broad SMARTS) is 1. The van der Waals surface area contributed by atoms with E-state index in [1.165, 1.54) is 24.5 Å². The molecular weight excluding hydrogens is 647 g/mol. The molecule has 2 aliphatic heterocycles. The molecule has 3 N–H and O–H groups in total. The first kappa shape index (κ1) is 37.6. The van der Waals surface area contributed by atoms with Crippen LogP contribution in [0.4, 0.5) is 10.1 Å². The van der Waals surface area contributed by atoms with Gasteiger partial charge in [0.15, 0.2) is 0 Å². The van der Waals surface area contributed by atoms with Gasteiger partial charge in [0.25, 0.3) is 5.91 Å². The standard InChI is InChI=1S/C28H33NO4.C13H18FN3O/c1-19-12-14-29(15-13-19)18-20-16-25(32-2)28(26(17-20)33-3)24-9-5-7-22-21(10-11-27(30)31)6-4-8-23(22)24;1-9-7-10(8-11(14)12(9)13(15)18)17-5-3-16(2)4-6-17/h4-9,16-17,19H,10-15,18H2,1-3H3,(H,30,31);7-8H,3-6H2,1-2H3,(H2,15,18). The lowest BCUT2D eigenvalue weighted by atomic mass is 9.92. The number of amides is 1. The summed E-state index contributed by atoms with van der Waals surface area (Å²) in [6.45, 7) is 10.8. The number of carbonyl (C=O) groups is 2. The van der Waals surface area contributed by atoms with Gasteiger partial charge in [-0.15, -0.1) is 0 Å². The summed E-state index contributed by atoms with van der Waals surface area (Å²) in [6.07, 6.45) is 3.09. The number of likely N-dealkylation sites (tertiary alicyclic amines) is 1. The number of nitrogens with zero attached hydrogens (tertiary/aromatic N) is 3. The fourth-order valence-corrected chi connectivity index (χ4v) is 7.14. The highest BCUT2D eigenvalue weighted by Crippen LogP contribution is 2.43. The fourth-order valence-electron chi connectivity index (χ4n) is 7.14. The summed E-state index contributed by atoms with van der Waals surface area (Å²) in [4.78, 5) is 29.1. The summed E-state index contributed by atoms with van der Waals surface area (Å²) in [5, 5.41) is 11.3. The Morgan fingerprint density at radius 3 is 2.12 bits per heavy atom. The number of fused-ring (bicyclic) bond motifs is 1. The number of hydrogen-bond donors (Lipinski definition) is 2. The third-order valence-corrected chi connectivity index (χ3v) is 10.1. The first-order valence-corrected chi connectivity index (χ1v) is 17.7. The highest BCUT2D eigenvalue weighted by atomic mass is 19.1. The summed E-state index contributed by atoms with van der Waals surface area (Å²) < 4.78 is 25.6. The maximum absolute atomic E-state index is 13.9. The zero-order valence-electron chi connectivity index (χ0n) is 30.5. The molecule has 2 saturated heterocycles. The number of rotatable bonds is 10. The van der Waals surface area contributed by atoms with E-state index >= 15 is 0 Å². The van der Waals surface area contributed by atoms with Crippen LogP contribution in [0.1, 0.15) is 53.2 Å². The molecule has 272 valence electrons. The van der Waals surface area contributed by atoms with Crippen LogP contribution in [0.5, 0.6) is 11.5 Å². The minimum absolute atomic E-state index is 0.00659. The average Bonchev–Trinajstić information content (AvgIpc) is 3.11. The van der Waals surface area contributed by atoms with Gasteiger partial charge in [-0.05, 0) is 110 Å². The number of carboxylic acids is 1. The van der Waals surface area contributed by atoms with E-state index in [0.29, 0.717) is 12.0 Å². The van der Waals surface area contributed by atoms with Gasteiger partial charge in [0.05, 0.1) is 25.3 Å². The number of primary amides is 1. The van der Waals surface area contributed by atoms with E-state index in [0.717, 1.165) is 96.4 Å². The summed E-state index contributed by atoms with van der Waals surface area (Å²) in [5.74, 6) is 0.354. The molecule has 9 nitrogen and oxygen atoms in total. The van der Waals surface area contributed by atoms with Crippen LogP contribution >= 0.6 is 0 Å². The van der Waals surface area contributed by atoms with Crippen LogP contribution in [-0.2, 0) is 17.8 Å². The maximum atomic E-state index is 13.9. The Bertz CT molecular complexity index is 1800. The van der Waals surface area contributed by atoms with Gasteiger partial charge < -0.3 is 30.1 Å². The molecule has 0 saturated carbocycles. The molecule has 51 heavy (non-hydrogen) atoms. The monoisotopic (exact) mass is 698 g/mol. The molecule has 4 aromatic carbocycles. The molecule has 0 unspecified atom stereocenters. The number of piperazine rings is 1. The summed E-state index contributed by atoms with van der Waals surface area (Å²) >= 11 is 0. The van der Waals surface area contributed by atoms with Gasteiger partial charge in [0, 0.05) is 44.8 Å². The van der Waals surface area contributed by atoms with E-state index in [-0.39, 0.29) is 12.0 Å². The third-order valence-electron chi connectivity index (χ3n) is 10.1. The van der Waals surface area contributed by atoms with Crippen molar-refractivity contribution < 1.29 is 28.6 Å². The average molecular weight is 699 g/mol. The molecule has 6 rings (SSSR count). The molecule has 2 fully saturated rings. The fraction of sp³-hybridized carbons (Fsp3) is 0.415. The zero-order chi connectivity index (χ0) is 36.7. The molecule has 0 radical (unpaired) electrons. The molecule has 0 aliphatic carbocycles. The van der Waals surface area contributed by atoms with Crippen molar-refractivity contribution in [2.24, 2.45) is 11.7 Å². The quantitative estimate of drug-likeness (QED) is 0.187. The summed E-state index contributed by atoms with van der Waals surface area (Å²) in [6, 6.07) is 19.7. The van der Waals surface area contributed by atoms with E-state index in [2.05, 4.69) is 59.0 Å². The van der Waals surface area contributed by atoms with Crippen molar-refractivity contribution in [2.75, 3.05) is 65.4 Å². The van der Waals surface area contributed by atoms with Crippen molar-refractivity contribution in [1.29, 1.82) is 0 Å². The molecule has 4 aromatic rings. The minimum Gasteiger partial charge on any atom is -0.496 e. The third kappa shape index (κ3) is 9.17. The molecular formula is C41H51FN4O5. The number of aliphatic carboxylic acids is 1. The van der Waals surface area contributed by atoms with Crippen LogP contribution in [0.2, 0.25) is 0 Å². The van der Waals surface area contributed by atoms with Crippen LogP contribution in [-0.4, -0.2) is 87.3 Å². The molecule has 0 spiro atoms. The van der Waals surface area contributed by atoms with E-state index in [1.54, 1.807) is 21.1 Å². The van der Waals surface area contributed by atoms with Crippen LogP contribution < -0.4 is 20.1 Å². The van der Waals surface area contributed by atoms with Crippen molar-refractivity contribution in [3.05, 3.63) is 88.7 Å². The number of piperidine rings is 1. The molecule has 0 bridgehead atoms. The molecule has 2 heterocycles. The van der Waals surface area contributed by atoms with Gasteiger partial charge in [0.1, 0.15) is 17.3 Å². The summed E-state index contributed by atoms with van der Waals surface area (Å²) in [5.41, 5.74) is 10.7. The normalized spacial score (nSPS) is 15.7. The Morgan fingerprint density at radius 2 is 1.53 bits per heavy atom. The van der Waals surface area contributed by atoms with E-state index in [4.69, 9.17) is 20.3 Å². The van der Waals surface area contributed by atoms with Crippen molar-refractivity contribution >= 4 is 28.3 Å². The van der Waals surface area contributed by atoms with E-state index < -0.39 is 17.7 Å². The largest absolute Gasteiger partial charge is 0.496 e. The van der Waals surface area contributed by atoms with Crippen LogP contribution in [0, 0.1) is 18.7 Å². The lowest BCUT2D eigenvalue weighted by Crippen LogP contribution is -2.44. The van der Waals surface area contributed by atoms with Crippen LogP contribution in [0.15, 0.2) is 60.7 Å². The predicted molar refractivity (Wildman–Crippen MR) is 201 cm³/mol. The number of aryl methyl sites for hydroxylation is 2. The molecule has 1 amide bonds. The van der Waals surface area contributed by atoms with Crippen LogP contribution in [0.3, 0.4) is 0 Å². The number of benzene rings is 4. The van der Waals surface area contributed by atoms with Gasteiger partial charge in [-0.1, -0.05) is 43.3 Å². The lowest BCUT2D eigenvalue weighted by Gasteiger charge is -2.34. The minimum atomic E-state index is -0.787. The van der Waals surface area contributed by atoms with Gasteiger partial charge in [-0.2, -0.15) is 0 Å². The van der Waals surface area contributed by atoms with E-state index in [9.17, 15) is 14.0 Å². The zero-order valence-corrected chi connectivity index (χ0v) is 30.5. The predicted octanol–water partition coefficient (Wildman–Crippen LogP) is 6.76. The second-order valence-corrected chi connectivity index (χ2v) is 13.8. The molecule has 10 heteroatoms. The van der Waals surface area contributed by atoms with Crippen molar-refractivity contribution in [2.45, 2.75) is 46.1 Å². The van der Waals surface area contributed by atoms with Gasteiger partial charge in [-0.3, -0.25) is 14.5 Å². The number of ether oxygens (including phenoxy) is 2. The highest BCUT2D eigenvalue weighted by Gasteiger charge is 2.22. The van der Waals surface area contributed by atoms with Gasteiger partial charge in [-0.25, -0.2) is 4.39 Å². The SMILES string of the molecule is COc1cc(CN2CCC(C)CC2)cc(OC)c1-c1cccc2c(CCC(=O)O)cccc12.Cc1cc(N2CCN(C)CC2)cc(F)c1C(N)=O. The number of hydrogen-bond acceptors (Lipinski definition) is 7. The van der Waals surface area contributed by atoms with Gasteiger partial charge >= 0.3 is 5.97 Å². The number of carbonyl (C=O) groups excluding carboxylic acids is 1. The van der Waals surface area contributed by atoms with Crippen molar-refractivity contribution in [1.82, 2.24) is 9.80 Å². The number of nitrogens with two attached hydrogens (primary N) is 1. The Labute approximate surface area is 300 Å². The molecule has 2 aliphatic rings. The first-order valence-electron chi connectivity index (χ1n) is 17.7. The van der Waals surface area contributed by atoms with Crippen LogP contribution in [0.25, 0.3) is 21.9 Å². The van der Waals surface area contributed by atoms with E-state index in [1.807, 2.05) is 24.3 Å². The number of anilines is 1.